The highest BCUT2D eigenvalue weighted by molar-refractivity contribution is 9.10. The lowest BCUT2D eigenvalue weighted by molar-refractivity contribution is 0.328. The van der Waals surface area contributed by atoms with E-state index in [0.29, 0.717) is 6.61 Å². The standard InChI is InChI=1S/C14H18BrN3O/c1-10-14(11(2)18(3)17-10)19-8-7-16-13-6-4-5-12(15)9-13/h4-6,9,16H,7-8H2,1-3H3. The zero-order valence-corrected chi connectivity index (χ0v) is 13.0. The number of aryl methyl sites for hydroxylation is 2. The predicted octanol–water partition coefficient (Wildman–Crippen LogP) is 3.29. The quantitative estimate of drug-likeness (QED) is 0.858. The van der Waals surface area contributed by atoms with Crippen LogP contribution < -0.4 is 10.1 Å². The first-order valence-electron chi connectivity index (χ1n) is 6.20. The molecule has 0 aliphatic heterocycles. The normalized spacial score (nSPS) is 10.5. The Morgan fingerprint density at radius 3 is 2.79 bits per heavy atom. The monoisotopic (exact) mass is 323 g/mol. The Bertz CT molecular complexity index is 566. The van der Waals surface area contributed by atoms with Crippen LogP contribution in [0, 0.1) is 13.8 Å². The van der Waals surface area contributed by atoms with Gasteiger partial charge in [-0.25, -0.2) is 0 Å². The molecular weight excluding hydrogens is 306 g/mol. The van der Waals surface area contributed by atoms with E-state index in [1.54, 1.807) is 0 Å². The third-order valence-electron chi connectivity index (χ3n) is 2.94. The molecule has 2 aromatic rings. The molecule has 4 nitrogen and oxygen atoms in total. The highest BCUT2D eigenvalue weighted by Gasteiger charge is 2.09. The van der Waals surface area contributed by atoms with Gasteiger partial charge < -0.3 is 10.1 Å². The molecule has 1 heterocycles. The first kappa shape index (κ1) is 13.9. The van der Waals surface area contributed by atoms with Crippen molar-refractivity contribution < 1.29 is 4.74 Å². The van der Waals surface area contributed by atoms with E-state index in [2.05, 4.69) is 26.3 Å². The van der Waals surface area contributed by atoms with Crippen LogP contribution in [0.1, 0.15) is 11.4 Å². The van der Waals surface area contributed by atoms with Crippen LogP contribution in [-0.4, -0.2) is 22.9 Å². The second-order valence-corrected chi connectivity index (χ2v) is 5.32. The maximum absolute atomic E-state index is 5.78. The minimum Gasteiger partial charge on any atom is -0.488 e. The third kappa shape index (κ3) is 3.50. The van der Waals surface area contributed by atoms with Crippen molar-refractivity contribution in [3.8, 4) is 5.75 Å². The molecule has 0 radical (unpaired) electrons. The van der Waals surface area contributed by atoms with E-state index >= 15 is 0 Å². The summed E-state index contributed by atoms with van der Waals surface area (Å²) in [5.41, 5.74) is 3.07. The van der Waals surface area contributed by atoms with Gasteiger partial charge in [0.2, 0.25) is 0 Å². The van der Waals surface area contributed by atoms with Gasteiger partial charge in [0.1, 0.15) is 12.3 Å². The van der Waals surface area contributed by atoms with Crippen molar-refractivity contribution in [2.45, 2.75) is 13.8 Å². The molecule has 1 aromatic heterocycles. The van der Waals surface area contributed by atoms with Gasteiger partial charge in [-0.15, -0.1) is 0 Å². The van der Waals surface area contributed by atoms with Gasteiger partial charge in [-0.3, -0.25) is 4.68 Å². The largest absolute Gasteiger partial charge is 0.488 e. The Morgan fingerprint density at radius 2 is 2.16 bits per heavy atom. The molecule has 2 rings (SSSR count). The molecule has 0 atom stereocenters. The molecule has 0 saturated heterocycles. The smallest absolute Gasteiger partial charge is 0.163 e. The summed E-state index contributed by atoms with van der Waals surface area (Å²) in [6.07, 6.45) is 0. The lowest BCUT2D eigenvalue weighted by atomic mass is 10.3. The van der Waals surface area contributed by atoms with Gasteiger partial charge >= 0.3 is 0 Å². The minimum atomic E-state index is 0.611. The fourth-order valence-electron chi connectivity index (χ4n) is 1.91. The van der Waals surface area contributed by atoms with E-state index in [1.807, 2.05) is 49.8 Å². The summed E-state index contributed by atoms with van der Waals surface area (Å²) >= 11 is 3.45. The molecule has 0 spiro atoms. The summed E-state index contributed by atoms with van der Waals surface area (Å²) in [5.74, 6) is 0.888. The number of nitrogens with one attached hydrogen (secondary N) is 1. The second kappa shape index (κ2) is 6.10. The van der Waals surface area contributed by atoms with Crippen LogP contribution in [0.5, 0.6) is 5.75 Å². The van der Waals surface area contributed by atoms with Gasteiger partial charge in [-0.2, -0.15) is 5.10 Å². The van der Waals surface area contributed by atoms with Crippen molar-refractivity contribution in [3.05, 3.63) is 40.1 Å². The van der Waals surface area contributed by atoms with Crippen molar-refractivity contribution in [3.63, 3.8) is 0 Å². The summed E-state index contributed by atoms with van der Waals surface area (Å²) in [6, 6.07) is 8.08. The Labute approximate surface area is 121 Å². The molecule has 0 aliphatic rings. The highest BCUT2D eigenvalue weighted by atomic mass is 79.9. The van der Waals surface area contributed by atoms with Gasteiger partial charge in [0.15, 0.2) is 5.75 Å². The van der Waals surface area contributed by atoms with Crippen LogP contribution in [0.2, 0.25) is 0 Å². The van der Waals surface area contributed by atoms with Gasteiger partial charge in [0.05, 0.1) is 5.69 Å². The zero-order chi connectivity index (χ0) is 13.8. The van der Waals surface area contributed by atoms with Gasteiger partial charge in [-0.1, -0.05) is 22.0 Å². The number of anilines is 1. The minimum absolute atomic E-state index is 0.611. The molecule has 0 saturated carbocycles. The van der Waals surface area contributed by atoms with Crippen molar-refractivity contribution in [2.75, 3.05) is 18.5 Å². The summed E-state index contributed by atoms with van der Waals surface area (Å²) in [4.78, 5) is 0. The third-order valence-corrected chi connectivity index (χ3v) is 3.44. The molecule has 0 unspecified atom stereocenters. The number of rotatable bonds is 5. The molecule has 0 amide bonds. The summed E-state index contributed by atoms with van der Waals surface area (Å²) in [6.45, 7) is 5.34. The van der Waals surface area contributed by atoms with Crippen LogP contribution in [0.25, 0.3) is 0 Å². The fourth-order valence-corrected chi connectivity index (χ4v) is 2.31. The Kier molecular flexibility index (Phi) is 4.47. The molecule has 1 N–H and O–H groups in total. The van der Waals surface area contributed by atoms with Crippen LogP contribution in [0.15, 0.2) is 28.7 Å². The second-order valence-electron chi connectivity index (χ2n) is 4.41. The number of halogens is 1. The van der Waals surface area contributed by atoms with Crippen molar-refractivity contribution >= 4 is 21.6 Å². The number of aromatic nitrogens is 2. The molecule has 0 aliphatic carbocycles. The SMILES string of the molecule is Cc1nn(C)c(C)c1OCCNc1cccc(Br)c1. The van der Waals surface area contributed by atoms with E-state index in [1.165, 1.54) is 0 Å². The van der Waals surface area contributed by atoms with E-state index < -0.39 is 0 Å². The first-order valence-corrected chi connectivity index (χ1v) is 6.99. The lowest BCUT2D eigenvalue weighted by Gasteiger charge is -2.09. The molecule has 0 fully saturated rings. The van der Waals surface area contributed by atoms with Crippen LogP contribution in [0.3, 0.4) is 0 Å². The summed E-state index contributed by atoms with van der Waals surface area (Å²) in [7, 11) is 1.93. The molecule has 1 aromatic carbocycles. The summed E-state index contributed by atoms with van der Waals surface area (Å²) in [5, 5.41) is 7.64. The number of benzene rings is 1. The molecule has 19 heavy (non-hydrogen) atoms. The van der Waals surface area contributed by atoms with Crippen molar-refractivity contribution in [1.82, 2.24) is 9.78 Å². The Balaban J connectivity index is 1.84. The topological polar surface area (TPSA) is 39.1 Å². The van der Waals surface area contributed by atoms with E-state index in [4.69, 9.17) is 4.74 Å². The summed E-state index contributed by atoms with van der Waals surface area (Å²) < 4.78 is 8.69. The van der Waals surface area contributed by atoms with E-state index in [-0.39, 0.29) is 0 Å². The van der Waals surface area contributed by atoms with Crippen LogP contribution in [0.4, 0.5) is 5.69 Å². The van der Waals surface area contributed by atoms with Crippen LogP contribution in [-0.2, 0) is 7.05 Å². The van der Waals surface area contributed by atoms with Gasteiger partial charge in [0, 0.05) is 23.8 Å². The predicted molar refractivity (Wildman–Crippen MR) is 80.8 cm³/mol. The maximum atomic E-state index is 5.78. The van der Waals surface area contributed by atoms with Crippen LogP contribution >= 0.6 is 15.9 Å². The molecule has 5 heteroatoms. The van der Waals surface area contributed by atoms with E-state index in [0.717, 1.165) is 33.8 Å². The van der Waals surface area contributed by atoms with E-state index in [9.17, 15) is 0 Å². The Hall–Kier alpha value is -1.49. The van der Waals surface area contributed by atoms with Crippen molar-refractivity contribution in [2.24, 2.45) is 7.05 Å². The number of nitrogens with zero attached hydrogens (tertiary/aromatic N) is 2. The molecule has 0 bridgehead atoms. The number of hydrogen-bond donors (Lipinski definition) is 1. The number of hydrogen-bond acceptors (Lipinski definition) is 3. The number of ether oxygens (including phenoxy) is 1. The van der Waals surface area contributed by atoms with Gasteiger partial charge in [0.25, 0.3) is 0 Å². The van der Waals surface area contributed by atoms with Crippen molar-refractivity contribution in [1.29, 1.82) is 0 Å². The highest BCUT2D eigenvalue weighted by Crippen LogP contribution is 2.21. The molecular formula is C14H18BrN3O. The first-order chi connectivity index (χ1) is 9.08. The average molecular weight is 324 g/mol. The van der Waals surface area contributed by atoms with Gasteiger partial charge in [-0.05, 0) is 32.0 Å². The maximum Gasteiger partial charge on any atom is 0.163 e. The average Bonchev–Trinajstić information content (AvgIpc) is 2.60. The molecule has 102 valence electrons. The fraction of sp³-hybridized carbons (Fsp3) is 0.357. The zero-order valence-electron chi connectivity index (χ0n) is 11.4. The Morgan fingerprint density at radius 1 is 1.37 bits per heavy atom. The lowest BCUT2D eigenvalue weighted by Crippen LogP contribution is -2.12.